The Morgan fingerprint density at radius 1 is 0.882 bits per heavy atom. The van der Waals surface area contributed by atoms with Gasteiger partial charge in [0.25, 0.3) is 0 Å². The summed E-state index contributed by atoms with van der Waals surface area (Å²) in [5.74, 6) is 2.98. The Morgan fingerprint density at radius 3 is 2.15 bits per heavy atom. The third-order valence-corrected chi connectivity index (χ3v) is 7.29. The van der Waals surface area contributed by atoms with Crippen LogP contribution < -0.4 is 10.6 Å². The van der Waals surface area contributed by atoms with E-state index < -0.39 is 0 Å². The summed E-state index contributed by atoms with van der Waals surface area (Å²) in [5.41, 5.74) is 2.73. The lowest BCUT2D eigenvalue weighted by Gasteiger charge is -2.32. The lowest BCUT2D eigenvalue weighted by Crippen LogP contribution is -2.38. The normalized spacial score (nSPS) is 21.1. The molecule has 2 heteroatoms. The Morgan fingerprint density at radius 2 is 1.56 bits per heavy atom. The molecule has 1 aliphatic carbocycles. The monoisotopic (exact) mass is 467 g/mol. The summed E-state index contributed by atoms with van der Waals surface area (Å²) in [7, 11) is 0. The van der Waals surface area contributed by atoms with Crippen molar-refractivity contribution >= 4 is 5.69 Å². The van der Waals surface area contributed by atoms with E-state index in [0.717, 1.165) is 23.7 Å². The van der Waals surface area contributed by atoms with Crippen molar-refractivity contribution in [3.63, 3.8) is 0 Å². The average molecular weight is 468 g/mol. The summed E-state index contributed by atoms with van der Waals surface area (Å²) < 4.78 is 0. The van der Waals surface area contributed by atoms with Gasteiger partial charge in [0.2, 0.25) is 0 Å². The van der Waals surface area contributed by atoms with Crippen LogP contribution >= 0.6 is 0 Å². The first-order chi connectivity index (χ1) is 16.3. The molecule has 2 rings (SSSR count). The fourth-order valence-electron chi connectivity index (χ4n) is 5.73. The lowest BCUT2D eigenvalue weighted by atomic mass is 9.77. The average Bonchev–Trinajstić information content (AvgIpc) is 2.76. The molecule has 2 N–H and O–H groups in total. The van der Waals surface area contributed by atoms with Crippen LogP contribution in [0.2, 0.25) is 0 Å². The lowest BCUT2D eigenvalue weighted by molar-refractivity contribution is 0.304. The Hall–Kier alpha value is -1.28. The predicted molar refractivity (Wildman–Crippen MR) is 152 cm³/mol. The molecule has 1 aromatic carbocycles. The minimum Gasteiger partial charge on any atom is -0.383 e. The summed E-state index contributed by atoms with van der Waals surface area (Å²) in [6, 6.07) is 10.9. The zero-order valence-corrected chi connectivity index (χ0v) is 23.4. The zero-order valence-electron chi connectivity index (χ0n) is 23.4. The van der Waals surface area contributed by atoms with Gasteiger partial charge in [0.1, 0.15) is 0 Å². The fraction of sp³-hybridized carbons (Fsp3) is 0.719. The third-order valence-electron chi connectivity index (χ3n) is 7.29. The van der Waals surface area contributed by atoms with Crippen LogP contribution in [-0.4, -0.2) is 18.1 Å². The summed E-state index contributed by atoms with van der Waals surface area (Å²) in [4.78, 5) is 0. The van der Waals surface area contributed by atoms with Crippen LogP contribution in [0.15, 0.2) is 36.4 Å². The van der Waals surface area contributed by atoms with Crippen molar-refractivity contribution in [2.75, 3.05) is 5.32 Å². The second kappa shape index (κ2) is 15.7. The number of anilines is 1. The van der Waals surface area contributed by atoms with E-state index in [1.165, 1.54) is 69.0 Å². The molecule has 0 aliphatic heterocycles. The fourth-order valence-corrected chi connectivity index (χ4v) is 5.73. The number of aryl methyl sites for hydroxylation is 1. The van der Waals surface area contributed by atoms with E-state index >= 15 is 0 Å². The maximum Gasteiger partial charge on any atom is 0.0342 e. The van der Waals surface area contributed by atoms with Gasteiger partial charge < -0.3 is 10.6 Å². The van der Waals surface area contributed by atoms with Crippen LogP contribution in [0, 0.1) is 30.1 Å². The first kappa shape index (κ1) is 29.0. The molecule has 4 unspecified atom stereocenters. The standard InChI is InChI=1S/C32H55N2/c1-8-9-10-11-29(30-16-20-32(21-17-30)34-27(7)23-25(4)5)15-12-28-13-18-31(19-14-28)33-26(6)22-24(2)3/h10,13-14,16,18-20,24-27,29-30,32-34H,8-9,11-12,15,17,21-23H2,1-7H3/t26?,27?,29?,30?,32-/m1/s1. The summed E-state index contributed by atoms with van der Waals surface area (Å²) in [5, 5.41) is 7.51. The first-order valence-electron chi connectivity index (χ1n) is 14.4. The molecule has 0 aromatic heterocycles. The molecule has 34 heavy (non-hydrogen) atoms. The summed E-state index contributed by atoms with van der Waals surface area (Å²) in [6.07, 6.45) is 18.9. The molecule has 1 aliphatic rings. The third kappa shape index (κ3) is 11.4. The van der Waals surface area contributed by atoms with Crippen molar-refractivity contribution in [1.29, 1.82) is 0 Å². The highest BCUT2D eigenvalue weighted by molar-refractivity contribution is 5.45. The van der Waals surface area contributed by atoms with Crippen molar-refractivity contribution in [2.24, 2.45) is 23.7 Å². The van der Waals surface area contributed by atoms with Crippen LogP contribution in [0.1, 0.15) is 105 Å². The van der Waals surface area contributed by atoms with Gasteiger partial charge in [-0.3, -0.25) is 0 Å². The molecule has 0 bridgehead atoms. The van der Waals surface area contributed by atoms with E-state index in [4.69, 9.17) is 0 Å². The molecule has 0 spiro atoms. The van der Waals surface area contributed by atoms with E-state index in [-0.39, 0.29) is 0 Å². The van der Waals surface area contributed by atoms with E-state index in [1.807, 2.05) is 0 Å². The summed E-state index contributed by atoms with van der Waals surface area (Å²) in [6.45, 7) is 16.1. The molecule has 0 saturated carbocycles. The molecular weight excluding hydrogens is 412 g/mol. The maximum absolute atomic E-state index is 3.85. The number of hydrogen-bond donors (Lipinski definition) is 2. The maximum atomic E-state index is 3.85. The highest BCUT2D eigenvalue weighted by Gasteiger charge is 2.24. The highest BCUT2D eigenvalue weighted by atomic mass is 14.9. The van der Waals surface area contributed by atoms with Gasteiger partial charge in [-0.05, 0) is 107 Å². The minimum atomic E-state index is 0.522. The molecule has 0 heterocycles. The van der Waals surface area contributed by atoms with Gasteiger partial charge >= 0.3 is 0 Å². The largest absolute Gasteiger partial charge is 0.383 e. The second-order valence-electron chi connectivity index (χ2n) is 11.9. The van der Waals surface area contributed by atoms with E-state index in [0.29, 0.717) is 18.1 Å². The Balaban J connectivity index is 1.89. The van der Waals surface area contributed by atoms with Gasteiger partial charge in [0, 0.05) is 23.8 Å². The topological polar surface area (TPSA) is 24.1 Å². The minimum absolute atomic E-state index is 0.522. The van der Waals surface area contributed by atoms with Gasteiger partial charge in [-0.25, -0.2) is 0 Å². The number of rotatable bonds is 16. The van der Waals surface area contributed by atoms with E-state index in [2.05, 4.69) is 102 Å². The zero-order chi connectivity index (χ0) is 24.9. The SMILES string of the molecule is CCC[CH]CC(CCc1ccc(NC(C)CC(C)C)cc1)C1C=C[C@@H](NC(C)CC(C)C)CC1. The van der Waals surface area contributed by atoms with Crippen molar-refractivity contribution < 1.29 is 0 Å². The molecule has 0 fully saturated rings. The second-order valence-corrected chi connectivity index (χ2v) is 11.9. The van der Waals surface area contributed by atoms with Gasteiger partial charge in [-0.15, -0.1) is 0 Å². The van der Waals surface area contributed by atoms with Crippen LogP contribution in [-0.2, 0) is 6.42 Å². The number of allylic oxidation sites excluding steroid dienone is 1. The molecule has 5 atom stereocenters. The van der Waals surface area contributed by atoms with E-state index in [9.17, 15) is 0 Å². The molecule has 1 radical (unpaired) electrons. The highest BCUT2D eigenvalue weighted by Crippen LogP contribution is 2.32. The van der Waals surface area contributed by atoms with Gasteiger partial charge in [-0.1, -0.05) is 71.7 Å². The summed E-state index contributed by atoms with van der Waals surface area (Å²) >= 11 is 0. The molecule has 1 aromatic rings. The quantitative estimate of drug-likeness (QED) is 0.187. The number of benzene rings is 1. The predicted octanol–water partition coefficient (Wildman–Crippen LogP) is 8.84. The van der Waals surface area contributed by atoms with Crippen LogP contribution in [0.5, 0.6) is 0 Å². The molecule has 0 saturated heterocycles. The van der Waals surface area contributed by atoms with Crippen LogP contribution in [0.4, 0.5) is 5.69 Å². The number of unbranched alkanes of at least 4 members (excludes halogenated alkanes) is 2. The Bertz CT molecular complexity index is 675. The van der Waals surface area contributed by atoms with Crippen molar-refractivity contribution in [1.82, 2.24) is 5.32 Å². The van der Waals surface area contributed by atoms with Crippen LogP contribution in [0.25, 0.3) is 0 Å². The Kier molecular flexibility index (Phi) is 13.3. The molecule has 2 nitrogen and oxygen atoms in total. The van der Waals surface area contributed by atoms with Crippen molar-refractivity contribution in [3.05, 3.63) is 48.4 Å². The van der Waals surface area contributed by atoms with Crippen molar-refractivity contribution in [2.45, 2.75) is 124 Å². The number of nitrogens with one attached hydrogen (secondary N) is 2. The smallest absolute Gasteiger partial charge is 0.0342 e. The number of hydrogen-bond acceptors (Lipinski definition) is 2. The van der Waals surface area contributed by atoms with Gasteiger partial charge in [0.05, 0.1) is 0 Å². The molecular formula is C32H55N2. The molecule has 0 amide bonds. The molecule has 193 valence electrons. The Labute approximate surface area is 212 Å². The first-order valence-corrected chi connectivity index (χ1v) is 14.4. The van der Waals surface area contributed by atoms with Crippen LogP contribution in [0.3, 0.4) is 0 Å². The van der Waals surface area contributed by atoms with E-state index in [1.54, 1.807) is 0 Å². The van der Waals surface area contributed by atoms with Gasteiger partial charge in [0.15, 0.2) is 0 Å². The van der Waals surface area contributed by atoms with Crippen molar-refractivity contribution in [3.8, 4) is 0 Å². The van der Waals surface area contributed by atoms with Gasteiger partial charge in [-0.2, -0.15) is 0 Å².